The van der Waals surface area contributed by atoms with E-state index in [9.17, 15) is 24.0 Å². The fraction of sp³-hybridized carbons (Fsp3) is 0.267. The molecule has 6 fully saturated rings. The van der Waals surface area contributed by atoms with Crippen LogP contribution in [0.3, 0.4) is 0 Å². The third-order valence-corrected chi connectivity index (χ3v) is 23.6. The van der Waals surface area contributed by atoms with Crippen LogP contribution in [0.5, 0.6) is 0 Å². The van der Waals surface area contributed by atoms with Crippen molar-refractivity contribution in [3.05, 3.63) is 290 Å². The van der Waals surface area contributed by atoms with Crippen molar-refractivity contribution in [1.29, 1.82) is 0 Å². The lowest BCUT2D eigenvalue weighted by Crippen LogP contribution is -2.42. The molecule has 140 heavy (non-hydrogen) atoms. The number of benzene rings is 4. The minimum atomic E-state index is -0.557. The van der Waals surface area contributed by atoms with Crippen molar-refractivity contribution in [1.82, 2.24) is 99.3 Å². The van der Waals surface area contributed by atoms with Crippen LogP contribution in [0, 0.1) is 5.41 Å². The van der Waals surface area contributed by atoms with Gasteiger partial charge in [0.1, 0.15) is 52.1 Å². The molecular formula is C101H108Cl4N28O7. The Morgan fingerprint density at radius 1 is 0.486 bits per heavy atom. The molecule has 19 rings (SSSR count). The molecule has 0 radical (unpaired) electrons. The molecule has 6 saturated heterocycles. The first-order valence-corrected chi connectivity index (χ1v) is 47.0. The maximum absolute atomic E-state index is 12.8. The number of rotatable bonds is 27. The standard InChI is InChI=1S/C28H32ClN7O3.C25H30ClN7O.C24H26ClN7O2.C24H20ClN7O/c1-17-11-18(26(37)32-17)12-19-15-31-36-24(14-23(34-25(19)36)33-21-8-5-7-20(29)13-21)30-16-22-9-6-10-35(22)27(38)39-28(2,3)4;1-16-9-17(24(34)29-16)10-18-13-28-33-22(27-14-25(2,3)15-32(4)5)12-21(31-23(18)33)30-20-8-6-7-19(26)11-20;1-16-11-17(24(33)28-16)12-18-15-27-32-22(26-5-6-31-7-9-34-10-8-31)14-21(30-23(18)32)29-20-4-2-3-19(25)13-20;1-15-9-16(24(33)29-15)10-17-13-28-32-22(27-14-20-6-2-3-8-26-20)12-21(31-23(17)32)30-19-7-4-5-18(25)11-19/h5,7-8,12-15,22,30H,1,6,9-11,16H2,2-4H3,(H,32,37)(H,33,34);6-8,10-13,27H,1,9,14-15H2,2-5H3,(H,29,34)(H,30,31);2-4,12-15,26H,1,5-11H2,(H,28,33)(H,29,30);2-8,10-13,27H,1,9,14H2,(H,29,33)(H,30,31)/b18-12+;17-10+;17-12+;16-10+. The van der Waals surface area contributed by atoms with E-state index in [0.717, 1.165) is 128 Å². The number of carbonyl (C=O) groups is 5. The maximum Gasteiger partial charge on any atom is 0.410 e. The molecule has 39 heteroatoms. The van der Waals surface area contributed by atoms with E-state index in [-0.39, 0.29) is 41.2 Å². The average Bonchev–Trinajstić information content (AvgIpc) is 1.64. The van der Waals surface area contributed by atoms with Gasteiger partial charge in [0.05, 0.1) is 56.3 Å². The highest BCUT2D eigenvalue weighted by Gasteiger charge is 2.34. The summed E-state index contributed by atoms with van der Waals surface area (Å²) in [6.45, 7) is 33.8. The second-order valence-corrected chi connectivity index (χ2v) is 38.0. The molecule has 35 nitrogen and oxygen atoms in total. The van der Waals surface area contributed by atoms with Crippen molar-refractivity contribution in [2.45, 2.75) is 91.3 Å². The van der Waals surface area contributed by atoms with E-state index in [1.807, 2.05) is 166 Å². The molecule has 722 valence electrons. The summed E-state index contributed by atoms with van der Waals surface area (Å²) in [6, 6.07) is 43.0. The number of pyridine rings is 1. The van der Waals surface area contributed by atoms with Crippen LogP contribution in [0.1, 0.15) is 101 Å². The lowest BCUT2D eigenvalue weighted by molar-refractivity contribution is -0.116. The summed E-state index contributed by atoms with van der Waals surface area (Å²) in [5.41, 5.74) is 14.2. The number of ether oxygens (including phenoxy) is 2. The highest BCUT2D eigenvalue weighted by Crippen LogP contribution is 2.35. The van der Waals surface area contributed by atoms with Crippen molar-refractivity contribution in [2.24, 2.45) is 5.41 Å². The van der Waals surface area contributed by atoms with Gasteiger partial charge in [-0.25, -0.2) is 24.7 Å². The first-order valence-electron chi connectivity index (χ1n) is 45.5. The Hall–Kier alpha value is -15.0. The number of halogens is 4. The second kappa shape index (κ2) is 43.8. The fourth-order valence-corrected chi connectivity index (χ4v) is 17.2. The molecule has 12 N–H and O–H groups in total. The molecule has 13 aromatic rings. The molecule has 15 heterocycles. The SMILES string of the molecule is C=C1C/C(=C\c2cnn3c(NCC(C)(C)CN(C)C)cc(Nc4cccc(Cl)c4)nc23)C(=O)N1.C=C1C/C(=C\c2cnn3c(NCC4CCCN4C(=O)OC(C)(C)C)cc(Nc4cccc(Cl)c4)nc23)C(=O)N1.C=C1C/C(=C\c2cnn3c(NCCN4CCOCC4)cc(Nc4cccc(Cl)c4)nc23)C(=O)N1.C=C1C/C(=C\c2cnn3c(NCc4ccccn4)cc(Nc4cccc(Cl)c4)nc23)C(=O)N1. The number of hydrogen-bond donors (Lipinski definition) is 12. The predicted molar refractivity (Wildman–Crippen MR) is 553 cm³/mol. The van der Waals surface area contributed by atoms with Crippen LogP contribution in [0.2, 0.25) is 20.1 Å². The van der Waals surface area contributed by atoms with Gasteiger partial charge < -0.3 is 83.1 Å². The van der Waals surface area contributed by atoms with Crippen molar-refractivity contribution in [3.8, 4) is 0 Å². The number of morpholine rings is 1. The molecule has 1 atom stereocenters. The van der Waals surface area contributed by atoms with Crippen LogP contribution in [0.25, 0.3) is 46.9 Å². The molecule has 0 spiro atoms. The van der Waals surface area contributed by atoms with Crippen molar-refractivity contribution in [3.63, 3.8) is 0 Å². The predicted octanol–water partition coefficient (Wildman–Crippen LogP) is 17.7. The first kappa shape index (κ1) is 98.1. The Balaban J connectivity index is 0.000000135. The number of fused-ring (bicyclic) bond motifs is 4. The molecule has 0 aliphatic carbocycles. The third kappa shape index (κ3) is 25.7. The summed E-state index contributed by atoms with van der Waals surface area (Å²) in [5.74, 6) is 4.87. The number of hydrogen-bond acceptors (Lipinski definition) is 26. The Kier molecular flexibility index (Phi) is 30.7. The normalized spacial score (nSPS) is 16.7. The van der Waals surface area contributed by atoms with E-state index in [4.69, 9.17) is 75.8 Å². The third-order valence-electron chi connectivity index (χ3n) is 22.7. The van der Waals surface area contributed by atoms with E-state index in [1.54, 1.807) is 72.2 Å². The van der Waals surface area contributed by atoms with E-state index in [1.165, 1.54) is 0 Å². The zero-order chi connectivity index (χ0) is 98.5. The second-order valence-electron chi connectivity index (χ2n) is 36.3. The van der Waals surface area contributed by atoms with Crippen LogP contribution >= 0.6 is 46.4 Å². The minimum Gasteiger partial charge on any atom is -0.444 e. The van der Waals surface area contributed by atoms with Crippen LogP contribution in [0.15, 0.2) is 242 Å². The summed E-state index contributed by atoms with van der Waals surface area (Å²) in [7, 11) is 4.14. The van der Waals surface area contributed by atoms with Crippen molar-refractivity contribution < 1.29 is 33.4 Å². The van der Waals surface area contributed by atoms with Crippen LogP contribution < -0.4 is 63.8 Å². The Labute approximate surface area is 828 Å². The summed E-state index contributed by atoms with van der Waals surface area (Å²) < 4.78 is 18.0. The quantitative estimate of drug-likeness (QED) is 0.0213. The lowest BCUT2D eigenvalue weighted by Gasteiger charge is -2.29. The smallest absolute Gasteiger partial charge is 0.410 e. The topological polar surface area (TPSA) is 392 Å². The Morgan fingerprint density at radius 2 is 0.857 bits per heavy atom. The summed E-state index contributed by atoms with van der Waals surface area (Å²) >= 11 is 24.6. The highest BCUT2D eigenvalue weighted by atomic mass is 35.5. The van der Waals surface area contributed by atoms with Gasteiger partial charge in [-0.1, -0.05) is 117 Å². The molecule has 5 amide bonds. The molecule has 0 bridgehead atoms. The number of nitrogens with one attached hydrogen (secondary N) is 12. The Bertz CT molecular complexity index is 7070. The zero-order valence-corrected chi connectivity index (χ0v) is 81.5. The molecular weight excluding hydrogens is 1860 g/mol. The van der Waals surface area contributed by atoms with Gasteiger partial charge >= 0.3 is 6.09 Å². The van der Waals surface area contributed by atoms with E-state index in [2.05, 4.69) is 153 Å². The lowest BCUT2D eigenvalue weighted by atomic mass is 9.93. The molecule has 1 unspecified atom stereocenters. The summed E-state index contributed by atoms with van der Waals surface area (Å²) in [5, 5.41) is 58.8. The number of amides is 5. The van der Waals surface area contributed by atoms with E-state index in [0.29, 0.717) is 168 Å². The van der Waals surface area contributed by atoms with Gasteiger partial charge in [0.25, 0.3) is 23.6 Å². The van der Waals surface area contributed by atoms with Crippen LogP contribution in [0.4, 0.5) is 74.1 Å². The number of allylic oxidation sites excluding steroid dienone is 4. The van der Waals surface area contributed by atoms with E-state index < -0.39 is 5.60 Å². The zero-order valence-electron chi connectivity index (χ0n) is 78.4. The minimum absolute atomic E-state index is 0.0277. The molecule has 6 aliphatic rings. The monoisotopic (exact) mass is 1960 g/mol. The van der Waals surface area contributed by atoms with Gasteiger partial charge in [0.2, 0.25) is 0 Å². The number of anilines is 12. The number of nitrogens with zero attached hydrogens (tertiary/aromatic N) is 16. The van der Waals surface area contributed by atoms with E-state index >= 15 is 0 Å². The van der Waals surface area contributed by atoms with Gasteiger partial charge in [-0.15, -0.1) is 0 Å². The largest absolute Gasteiger partial charge is 0.444 e. The van der Waals surface area contributed by atoms with Crippen LogP contribution in [-0.4, -0.2) is 199 Å². The summed E-state index contributed by atoms with van der Waals surface area (Å²) in [4.78, 5) is 91.5. The van der Waals surface area contributed by atoms with Gasteiger partial charge in [0, 0.05) is 219 Å². The maximum atomic E-state index is 12.8. The average molecular weight is 1970 g/mol. The Morgan fingerprint density at radius 3 is 1.20 bits per heavy atom. The van der Waals surface area contributed by atoms with Gasteiger partial charge in [-0.3, -0.25) is 29.1 Å². The highest BCUT2D eigenvalue weighted by molar-refractivity contribution is 6.32. The van der Waals surface area contributed by atoms with Gasteiger partial charge in [-0.2, -0.15) is 38.5 Å². The van der Waals surface area contributed by atoms with Crippen molar-refractivity contribution in [2.75, 3.05) is 122 Å². The molecule has 6 aliphatic heterocycles. The number of likely N-dealkylation sites (tertiary alicyclic amines) is 1. The fourth-order valence-electron chi connectivity index (χ4n) is 16.5. The molecule has 9 aromatic heterocycles. The molecule has 4 aromatic carbocycles. The number of aromatic nitrogens is 13. The molecule has 0 saturated carbocycles. The van der Waals surface area contributed by atoms with Crippen molar-refractivity contribution >= 4 is 192 Å². The van der Waals surface area contributed by atoms with Gasteiger partial charge in [0.15, 0.2) is 22.6 Å². The summed E-state index contributed by atoms with van der Waals surface area (Å²) in [6.07, 6.45) is 19.2. The first-order chi connectivity index (χ1) is 67.2. The number of carbonyl (C=O) groups excluding carboxylic acids is 5. The van der Waals surface area contributed by atoms with Crippen LogP contribution in [-0.2, 0) is 35.2 Å². The van der Waals surface area contributed by atoms with Gasteiger partial charge in [-0.05, 0) is 162 Å².